The predicted molar refractivity (Wildman–Crippen MR) is 78.8 cm³/mol. The van der Waals surface area contributed by atoms with Crippen molar-refractivity contribution in [2.45, 2.75) is 13.8 Å². The molecule has 3 rings (SSSR count). The second-order valence-corrected chi connectivity index (χ2v) is 5.40. The minimum atomic E-state index is 0.917. The van der Waals surface area contributed by atoms with E-state index in [2.05, 4.69) is 41.9 Å². The van der Waals surface area contributed by atoms with Crippen molar-refractivity contribution in [2.75, 3.05) is 0 Å². The third-order valence-electron chi connectivity index (χ3n) is 3.42. The third kappa shape index (κ3) is 1.77. The Kier molecular flexibility index (Phi) is 2.75. The van der Waals surface area contributed by atoms with E-state index in [0.29, 0.717) is 0 Å². The van der Waals surface area contributed by atoms with Gasteiger partial charge in [0.05, 0.1) is 0 Å². The Hall–Kier alpha value is -1.54. The van der Waals surface area contributed by atoms with Gasteiger partial charge in [-0.1, -0.05) is 34.1 Å². The van der Waals surface area contributed by atoms with Gasteiger partial charge in [0.1, 0.15) is 11.5 Å². The fourth-order valence-electron chi connectivity index (χ4n) is 2.27. The molecule has 0 saturated heterocycles. The van der Waals surface area contributed by atoms with Crippen LogP contribution in [0.5, 0.6) is 11.5 Å². The first-order chi connectivity index (χ1) is 8.66. The Morgan fingerprint density at radius 1 is 0.833 bits per heavy atom. The quantitative estimate of drug-likeness (QED) is 0.624. The maximum Gasteiger partial charge on any atom is 0.135 e. The van der Waals surface area contributed by atoms with Crippen molar-refractivity contribution >= 4 is 27.1 Å². The zero-order valence-electron chi connectivity index (χ0n) is 10.3. The third-order valence-corrected chi connectivity index (χ3v) is 3.91. The molecule has 0 bridgehead atoms. The van der Waals surface area contributed by atoms with E-state index in [-0.39, 0.29) is 0 Å². The van der Waals surface area contributed by atoms with Crippen LogP contribution >= 0.6 is 15.9 Å². The highest BCUT2D eigenvalue weighted by molar-refractivity contribution is 9.10. The van der Waals surface area contributed by atoms with Crippen molar-refractivity contribution in [1.82, 2.24) is 0 Å². The van der Waals surface area contributed by atoms with Gasteiger partial charge in [0.25, 0.3) is 0 Å². The van der Waals surface area contributed by atoms with Crippen molar-refractivity contribution in [3.63, 3.8) is 0 Å². The molecule has 0 aromatic heterocycles. The molecular weight excluding hydrogens is 288 g/mol. The molecule has 0 N–H and O–H groups in total. The summed E-state index contributed by atoms with van der Waals surface area (Å²) in [5.74, 6) is 1.84. The summed E-state index contributed by atoms with van der Waals surface area (Å²) in [5.41, 5.74) is 4.85. The lowest BCUT2D eigenvalue weighted by atomic mass is 9.97. The first-order valence-corrected chi connectivity index (χ1v) is 6.71. The number of para-hydroxylation sites is 1. The molecule has 0 unspecified atom stereocenters. The van der Waals surface area contributed by atoms with Gasteiger partial charge in [-0.3, -0.25) is 0 Å². The molecule has 0 amide bonds. The van der Waals surface area contributed by atoms with Gasteiger partial charge in [0.2, 0.25) is 0 Å². The molecule has 2 aromatic carbocycles. The number of fused-ring (bicyclic) bond motifs is 2. The average molecular weight is 301 g/mol. The van der Waals surface area contributed by atoms with Crippen LogP contribution < -0.4 is 4.74 Å². The van der Waals surface area contributed by atoms with E-state index in [1.165, 1.54) is 16.7 Å². The summed E-state index contributed by atoms with van der Waals surface area (Å²) in [6.45, 7) is 4.29. The second kappa shape index (κ2) is 4.29. The fourth-order valence-corrected chi connectivity index (χ4v) is 2.63. The maximum atomic E-state index is 6.04. The predicted octanol–water partition coefficient (Wildman–Crippen LogP) is 5.51. The minimum Gasteiger partial charge on any atom is -0.456 e. The van der Waals surface area contributed by atoms with Crippen molar-refractivity contribution < 1.29 is 4.74 Å². The molecule has 18 heavy (non-hydrogen) atoms. The van der Waals surface area contributed by atoms with Gasteiger partial charge in [0, 0.05) is 15.6 Å². The molecule has 0 spiro atoms. The molecular formula is C16H13BrO. The largest absolute Gasteiger partial charge is 0.456 e. The Morgan fingerprint density at radius 3 is 2.33 bits per heavy atom. The van der Waals surface area contributed by atoms with Gasteiger partial charge in [-0.25, -0.2) is 0 Å². The monoisotopic (exact) mass is 300 g/mol. The van der Waals surface area contributed by atoms with Crippen molar-refractivity contribution in [3.8, 4) is 11.5 Å². The second-order valence-electron chi connectivity index (χ2n) is 4.49. The van der Waals surface area contributed by atoms with Gasteiger partial charge in [-0.15, -0.1) is 0 Å². The maximum absolute atomic E-state index is 6.04. The molecule has 90 valence electrons. The van der Waals surface area contributed by atoms with Crippen LogP contribution in [0.4, 0.5) is 0 Å². The van der Waals surface area contributed by atoms with Crippen LogP contribution in [0, 0.1) is 0 Å². The number of hydrogen-bond acceptors (Lipinski definition) is 1. The molecule has 1 aliphatic heterocycles. The Labute approximate surface area is 115 Å². The van der Waals surface area contributed by atoms with E-state index in [0.717, 1.165) is 21.5 Å². The summed E-state index contributed by atoms with van der Waals surface area (Å²) in [7, 11) is 0. The fraction of sp³-hybridized carbons (Fsp3) is 0.125. The first-order valence-electron chi connectivity index (χ1n) is 5.91. The zero-order valence-corrected chi connectivity index (χ0v) is 11.9. The van der Waals surface area contributed by atoms with Crippen LogP contribution in [0.3, 0.4) is 0 Å². The van der Waals surface area contributed by atoms with Gasteiger partial charge in [-0.05, 0) is 49.3 Å². The van der Waals surface area contributed by atoms with E-state index in [4.69, 9.17) is 4.74 Å². The van der Waals surface area contributed by atoms with E-state index < -0.39 is 0 Å². The van der Waals surface area contributed by atoms with Gasteiger partial charge in [0.15, 0.2) is 0 Å². The molecule has 0 atom stereocenters. The van der Waals surface area contributed by atoms with E-state index in [9.17, 15) is 0 Å². The molecule has 1 nitrogen and oxygen atoms in total. The summed E-state index contributed by atoms with van der Waals surface area (Å²) >= 11 is 3.52. The van der Waals surface area contributed by atoms with Gasteiger partial charge in [-0.2, -0.15) is 0 Å². The molecule has 0 radical (unpaired) electrons. The highest BCUT2D eigenvalue weighted by Crippen LogP contribution is 2.42. The average Bonchev–Trinajstić information content (AvgIpc) is 2.48. The number of rotatable bonds is 0. The zero-order chi connectivity index (χ0) is 12.7. The van der Waals surface area contributed by atoms with Crippen LogP contribution in [-0.2, 0) is 0 Å². The SMILES string of the molecule is CC1=C(C)c2cc(Br)ccc2Oc2ccccc21. The lowest BCUT2D eigenvalue weighted by molar-refractivity contribution is 0.481. The molecule has 0 fully saturated rings. The number of benzene rings is 2. The Morgan fingerprint density at radius 2 is 1.50 bits per heavy atom. The smallest absolute Gasteiger partial charge is 0.135 e. The first kappa shape index (κ1) is 11.5. The Balaban J connectivity index is 2.32. The molecule has 0 aliphatic carbocycles. The molecule has 2 aromatic rings. The number of ether oxygens (including phenoxy) is 1. The lowest BCUT2D eigenvalue weighted by Crippen LogP contribution is -1.88. The lowest BCUT2D eigenvalue weighted by Gasteiger charge is -2.09. The summed E-state index contributed by atoms with van der Waals surface area (Å²) < 4.78 is 7.11. The van der Waals surface area contributed by atoms with Crippen LogP contribution in [-0.4, -0.2) is 0 Å². The van der Waals surface area contributed by atoms with Crippen molar-refractivity contribution in [2.24, 2.45) is 0 Å². The normalized spacial score (nSPS) is 13.5. The van der Waals surface area contributed by atoms with E-state index >= 15 is 0 Å². The minimum absolute atomic E-state index is 0.917. The van der Waals surface area contributed by atoms with Crippen LogP contribution in [0.15, 0.2) is 46.9 Å². The molecule has 2 heteroatoms. The van der Waals surface area contributed by atoms with Crippen molar-refractivity contribution in [3.05, 3.63) is 58.1 Å². The molecule has 0 saturated carbocycles. The highest BCUT2D eigenvalue weighted by atomic mass is 79.9. The van der Waals surface area contributed by atoms with Crippen LogP contribution in [0.1, 0.15) is 25.0 Å². The number of hydrogen-bond donors (Lipinski definition) is 0. The topological polar surface area (TPSA) is 9.23 Å². The van der Waals surface area contributed by atoms with E-state index in [1.54, 1.807) is 0 Å². The molecule has 1 aliphatic rings. The summed E-state index contributed by atoms with van der Waals surface area (Å²) in [6, 6.07) is 14.3. The van der Waals surface area contributed by atoms with Crippen LogP contribution in [0.2, 0.25) is 0 Å². The molecule has 1 heterocycles. The van der Waals surface area contributed by atoms with Gasteiger partial charge < -0.3 is 4.74 Å². The summed E-state index contributed by atoms with van der Waals surface area (Å²) in [4.78, 5) is 0. The van der Waals surface area contributed by atoms with E-state index in [1.807, 2.05) is 30.3 Å². The number of halogens is 1. The number of allylic oxidation sites excluding steroid dienone is 2. The highest BCUT2D eigenvalue weighted by Gasteiger charge is 2.17. The Bertz CT molecular complexity index is 656. The van der Waals surface area contributed by atoms with Crippen molar-refractivity contribution in [1.29, 1.82) is 0 Å². The van der Waals surface area contributed by atoms with Gasteiger partial charge >= 0.3 is 0 Å². The summed E-state index contributed by atoms with van der Waals surface area (Å²) in [5, 5.41) is 0. The standard InChI is InChI=1S/C16H13BrO/c1-10-11(2)14-9-12(17)7-8-16(14)18-15-6-4-3-5-13(10)15/h3-9H,1-2H3. The van der Waals surface area contributed by atoms with Crippen LogP contribution in [0.25, 0.3) is 11.1 Å². The summed E-state index contributed by atoms with van der Waals surface area (Å²) in [6.07, 6.45) is 0.